The molecule has 0 unspecified atom stereocenters. The molecule has 0 saturated heterocycles. The third-order valence-electron chi connectivity index (χ3n) is 2.62. The molecule has 0 bridgehead atoms. The van der Waals surface area contributed by atoms with Crippen molar-refractivity contribution in [2.24, 2.45) is 0 Å². The standard InChI is InChI=1S/C13H14N4O/c1-14-12-9-10(3-8-16-12)13(18)17(2)11-4-6-15-7-5-11/h3-9H,1-2H3,(H,14,16). The van der Waals surface area contributed by atoms with Crippen LogP contribution in [0.5, 0.6) is 0 Å². The van der Waals surface area contributed by atoms with E-state index in [1.807, 2.05) is 0 Å². The summed E-state index contributed by atoms with van der Waals surface area (Å²) in [5.41, 5.74) is 1.39. The average molecular weight is 242 g/mol. The van der Waals surface area contributed by atoms with Gasteiger partial charge in [-0.2, -0.15) is 0 Å². The molecule has 0 aromatic carbocycles. The van der Waals surface area contributed by atoms with E-state index in [-0.39, 0.29) is 5.91 Å². The molecule has 5 nitrogen and oxygen atoms in total. The van der Waals surface area contributed by atoms with Crippen LogP contribution in [-0.4, -0.2) is 30.0 Å². The number of hydrogen-bond donors (Lipinski definition) is 1. The largest absolute Gasteiger partial charge is 0.373 e. The van der Waals surface area contributed by atoms with Gasteiger partial charge >= 0.3 is 0 Å². The van der Waals surface area contributed by atoms with Gasteiger partial charge in [0, 0.05) is 43.9 Å². The summed E-state index contributed by atoms with van der Waals surface area (Å²) in [6.45, 7) is 0. The zero-order chi connectivity index (χ0) is 13.0. The van der Waals surface area contributed by atoms with Gasteiger partial charge in [0.25, 0.3) is 5.91 Å². The molecule has 0 aliphatic carbocycles. The lowest BCUT2D eigenvalue weighted by Crippen LogP contribution is -2.26. The van der Waals surface area contributed by atoms with E-state index in [9.17, 15) is 4.79 Å². The van der Waals surface area contributed by atoms with Crippen molar-refractivity contribution in [1.82, 2.24) is 9.97 Å². The third kappa shape index (κ3) is 2.45. The number of carbonyl (C=O) groups is 1. The van der Waals surface area contributed by atoms with Crippen molar-refractivity contribution in [3.05, 3.63) is 48.4 Å². The van der Waals surface area contributed by atoms with Crippen LogP contribution in [0, 0.1) is 0 Å². The van der Waals surface area contributed by atoms with E-state index in [1.54, 1.807) is 61.9 Å². The first kappa shape index (κ1) is 12.0. The highest BCUT2D eigenvalue weighted by Crippen LogP contribution is 2.15. The zero-order valence-corrected chi connectivity index (χ0v) is 10.3. The van der Waals surface area contributed by atoms with Crippen LogP contribution < -0.4 is 10.2 Å². The van der Waals surface area contributed by atoms with E-state index in [0.717, 1.165) is 5.69 Å². The van der Waals surface area contributed by atoms with Gasteiger partial charge in [-0.05, 0) is 24.3 Å². The number of carbonyl (C=O) groups excluding carboxylic acids is 1. The SMILES string of the molecule is CNc1cc(C(=O)N(C)c2ccncc2)ccn1. The minimum absolute atomic E-state index is 0.0832. The Labute approximate surface area is 105 Å². The highest BCUT2D eigenvalue weighted by Gasteiger charge is 2.13. The molecule has 0 fully saturated rings. The van der Waals surface area contributed by atoms with E-state index < -0.39 is 0 Å². The van der Waals surface area contributed by atoms with Gasteiger partial charge in [0.15, 0.2) is 0 Å². The van der Waals surface area contributed by atoms with Crippen molar-refractivity contribution in [3.63, 3.8) is 0 Å². The molecule has 2 heterocycles. The molecule has 0 aliphatic heterocycles. The van der Waals surface area contributed by atoms with Gasteiger partial charge in [-0.25, -0.2) is 4.98 Å². The number of hydrogen-bond acceptors (Lipinski definition) is 4. The van der Waals surface area contributed by atoms with Crippen LogP contribution >= 0.6 is 0 Å². The van der Waals surface area contributed by atoms with Crippen molar-refractivity contribution < 1.29 is 4.79 Å². The Bertz CT molecular complexity index is 542. The van der Waals surface area contributed by atoms with E-state index in [2.05, 4.69) is 15.3 Å². The van der Waals surface area contributed by atoms with Crippen LogP contribution in [0.15, 0.2) is 42.9 Å². The average Bonchev–Trinajstić information content (AvgIpc) is 2.46. The van der Waals surface area contributed by atoms with Crippen LogP contribution in [0.2, 0.25) is 0 Å². The summed E-state index contributed by atoms with van der Waals surface area (Å²) in [6, 6.07) is 7.00. The van der Waals surface area contributed by atoms with Crippen molar-refractivity contribution in [2.45, 2.75) is 0 Å². The summed E-state index contributed by atoms with van der Waals surface area (Å²) in [7, 11) is 3.50. The van der Waals surface area contributed by atoms with E-state index in [1.165, 1.54) is 0 Å². The predicted octanol–water partition coefficient (Wildman–Crippen LogP) is 1.79. The van der Waals surface area contributed by atoms with E-state index >= 15 is 0 Å². The number of amides is 1. The number of rotatable bonds is 3. The molecule has 2 rings (SSSR count). The van der Waals surface area contributed by atoms with E-state index in [0.29, 0.717) is 11.4 Å². The summed E-state index contributed by atoms with van der Waals surface area (Å²) in [5.74, 6) is 0.587. The lowest BCUT2D eigenvalue weighted by Gasteiger charge is -2.17. The summed E-state index contributed by atoms with van der Waals surface area (Å²) in [4.78, 5) is 21.9. The summed E-state index contributed by atoms with van der Waals surface area (Å²) >= 11 is 0. The van der Waals surface area contributed by atoms with Gasteiger partial charge in [0.2, 0.25) is 0 Å². The first-order chi connectivity index (χ1) is 8.72. The first-order valence-electron chi connectivity index (χ1n) is 5.54. The normalized spacial score (nSPS) is 9.89. The maximum Gasteiger partial charge on any atom is 0.258 e. The van der Waals surface area contributed by atoms with Gasteiger partial charge < -0.3 is 10.2 Å². The molecule has 0 atom stereocenters. The topological polar surface area (TPSA) is 58.1 Å². The fourth-order valence-electron chi connectivity index (χ4n) is 1.58. The number of aromatic nitrogens is 2. The van der Waals surface area contributed by atoms with Crippen molar-refractivity contribution in [1.29, 1.82) is 0 Å². The van der Waals surface area contributed by atoms with Crippen LogP contribution in [0.25, 0.3) is 0 Å². The molecule has 5 heteroatoms. The Morgan fingerprint density at radius 1 is 1.22 bits per heavy atom. The maximum atomic E-state index is 12.3. The fourth-order valence-corrected chi connectivity index (χ4v) is 1.58. The first-order valence-corrected chi connectivity index (χ1v) is 5.54. The van der Waals surface area contributed by atoms with Crippen molar-refractivity contribution >= 4 is 17.4 Å². The minimum atomic E-state index is -0.0832. The van der Waals surface area contributed by atoms with Gasteiger partial charge in [-0.15, -0.1) is 0 Å². The Morgan fingerprint density at radius 3 is 2.61 bits per heavy atom. The predicted molar refractivity (Wildman–Crippen MR) is 70.8 cm³/mol. The third-order valence-corrected chi connectivity index (χ3v) is 2.62. The summed E-state index contributed by atoms with van der Waals surface area (Å²) < 4.78 is 0. The smallest absolute Gasteiger partial charge is 0.258 e. The second-order valence-corrected chi connectivity index (χ2v) is 3.75. The molecular weight excluding hydrogens is 228 g/mol. The highest BCUT2D eigenvalue weighted by molar-refractivity contribution is 6.06. The van der Waals surface area contributed by atoms with Crippen molar-refractivity contribution in [3.8, 4) is 0 Å². The summed E-state index contributed by atoms with van der Waals surface area (Å²) in [5, 5.41) is 2.91. The van der Waals surface area contributed by atoms with E-state index in [4.69, 9.17) is 0 Å². The highest BCUT2D eigenvalue weighted by atomic mass is 16.2. The molecule has 0 aliphatic rings. The van der Waals surface area contributed by atoms with Gasteiger partial charge in [0.1, 0.15) is 5.82 Å². The van der Waals surface area contributed by atoms with Crippen molar-refractivity contribution in [2.75, 3.05) is 24.3 Å². The Hall–Kier alpha value is -2.43. The second kappa shape index (κ2) is 5.27. The molecule has 0 spiro atoms. The molecule has 2 aromatic heterocycles. The van der Waals surface area contributed by atoms with Gasteiger partial charge in [-0.1, -0.05) is 0 Å². The molecular formula is C13H14N4O. The molecule has 2 aromatic rings. The number of pyridine rings is 2. The Morgan fingerprint density at radius 2 is 1.94 bits per heavy atom. The van der Waals surface area contributed by atoms with Gasteiger partial charge in [0.05, 0.1) is 0 Å². The molecule has 92 valence electrons. The second-order valence-electron chi connectivity index (χ2n) is 3.75. The zero-order valence-electron chi connectivity index (χ0n) is 10.3. The quantitative estimate of drug-likeness (QED) is 0.891. The molecule has 0 radical (unpaired) electrons. The lowest BCUT2D eigenvalue weighted by atomic mass is 10.2. The molecule has 18 heavy (non-hydrogen) atoms. The number of nitrogens with one attached hydrogen (secondary N) is 1. The fraction of sp³-hybridized carbons (Fsp3) is 0.154. The number of anilines is 2. The Kier molecular flexibility index (Phi) is 3.52. The lowest BCUT2D eigenvalue weighted by molar-refractivity contribution is 0.0993. The minimum Gasteiger partial charge on any atom is -0.373 e. The molecule has 1 amide bonds. The van der Waals surface area contributed by atoms with Crippen LogP contribution in [0.3, 0.4) is 0 Å². The Balaban J connectivity index is 2.25. The monoisotopic (exact) mass is 242 g/mol. The van der Waals surface area contributed by atoms with Crippen LogP contribution in [0.1, 0.15) is 10.4 Å². The number of nitrogens with zero attached hydrogens (tertiary/aromatic N) is 3. The maximum absolute atomic E-state index is 12.3. The summed E-state index contributed by atoms with van der Waals surface area (Å²) in [6.07, 6.45) is 4.93. The molecule has 1 N–H and O–H groups in total. The van der Waals surface area contributed by atoms with Gasteiger partial charge in [-0.3, -0.25) is 9.78 Å². The van der Waals surface area contributed by atoms with Crippen LogP contribution in [-0.2, 0) is 0 Å². The molecule has 0 saturated carbocycles. The van der Waals surface area contributed by atoms with Crippen LogP contribution in [0.4, 0.5) is 11.5 Å².